The smallest absolute Gasteiger partial charge is 0.329 e. The first-order valence-corrected chi connectivity index (χ1v) is 12.9. The van der Waals surface area contributed by atoms with Gasteiger partial charge < -0.3 is 14.8 Å². The zero-order valence-electron chi connectivity index (χ0n) is 19.2. The number of aryl methyl sites for hydroxylation is 1. The van der Waals surface area contributed by atoms with E-state index in [1.54, 1.807) is 30.3 Å². The molecule has 13 heteroatoms. The largest absolute Gasteiger partial charge is 0.491 e. The Morgan fingerprint density at radius 1 is 1.17 bits per heavy atom. The SMILES string of the molecule is COC(=O)[C@@H](CSCc1cccc(OCCOS(=O)(=O)c2ccc(C)cc2)c1)NC(=O)CN=[N+]=[N-]. The van der Waals surface area contributed by atoms with Crippen molar-refractivity contribution in [3.8, 4) is 5.75 Å². The molecule has 35 heavy (non-hydrogen) atoms. The number of carbonyl (C=O) groups is 2. The number of amides is 1. The third kappa shape index (κ3) is 9.87. The fraction of sp³-hybridized carbons (Fsp3) is 0.364. The molecule has 0 fully saturated rings. The summed E-state index contributed by atoms with van der Waals surface area (Å²) in [7, 11) is -2.64. The van der Waals surface area contributed by atoms with Crippen molar-refractivity contribution in [2.24, 2.45) is 5.11 Å². The zero-order valence-corrected chi connectivity index (χ0v) is 20.9. The number of nitrogens with zero attached hydrogens (tertiary/aromatic N) is 3. The van der Waals surface area contributed by atoms with Crippen molar-refractivity contribution in [2.45, 2.75) is 23.6 Å². The molecule has 1 amide bonds. The van der Waals surface area contributed by atoms with Crippen LogP contribution in [-0.4, -0.2) is 59.0 Å². The van der Waals surface area contributed by atoms with Crippen molar-refractivity contribution in [1.29, 1.82) is 0 Å². The fourth-order valence-corrected chi connectivity index (χ4v) is 4.62. The van der Waals surface area contributed by atoms with Crippen LogP contribution in [-0.2, 0) is 34.4 Å². The van der Waals surface area contributed by atoms with Gasteiger partial charge in [-0.15, -0.1) is 0 Å². The third-order valence-corrected chi connectivity index (χ3v) is 6.88. The summed E-state index contributed by atoms with van der Waals surface area (Å²) in [6.07, 6.45) is 0. The van der Waals surface area contributed by atoms with E-state index in [1.807, 2.05) is 13.0 Å². The maximum absolute atomic E-state index is 12.2. The lowest BCUT2D eigenvalue weighted by molar-refractivity contribution is -0.144. The number of azide groups is 1. The molecule has 188 valence electrons. The van der Waals surface area contributed by atoms with Crippen LogP contribution in [0.5, 0.6) is 5.75 Å². The molecule has 0 aliphatic heterocycles. The minimum Gasteiger partial charge on any atom is -0.491 e. The number of thioether (sulfide) groups is 1. The Kier molecular flexibility index (Phi) is 11.4. The van der Waals surface area contributed by atoms with E-state index in [4.69, 9.17) is 19.2 Å². The number of rotatable bonds is 14. The summed E-state index contributed by atoms with van der Waals surface area (Å²) in [4.78, 5) is 26.2. The van der Waals surface area contributed by atoms with Gasteiger partial charge in [-0.25, -0.2) is 4.79 Å². The molecule has 0 unspecified atom stereocenters. The van der Waals surface area contributed by atoms with Crippen LogP contribution in [0, 0.1) is 6.92 Å². The van der Waals surface area contributed by atoms with E-state index in [0.29, 0.717) is 11.5 Å². The maximum atomic E-state index is 12.2. The van der Waals surface area contributed by atoms with E-state index in [1.165, 1.54) is 31.0 Å². The predicted molar refractivity (Wildman–Crippen MR) is 130 cm³/mol. The molecule has 0 aliphatic carbocycles. The average Bonchev–Trinajstić information content (AvgIpc) is 2.85. The van der Waals surface area contributed by atoms with E-state index < -0.39 is 34.6 Å². The van der Waals surface area contributed by atoms with Crippen molar-refractivity contribution >= 4 is 33.8 Å². The number of esters is 1. The number of hydrogen-bond acceptors (Lipinski definition) is 9. The molecule has 0 aromatic heterocycles. The Bertz CT molecular complexity index is 1150. The summed E-state index contributed by atoms with van der Waals surface area (Å²) < 4.78 is 39.8. The van der Waals surface area contributed by atoms with Gasteiger partial charge in [-0.05, 0) is 42.3 Å². The Morgan fingerprint density at radius 3 is 2.60 bits per heavy atom. The van der Waals surface area contributed by atoms with Crippen molar-refractivity contribution in [2.75, 3.05) is 32.6 Å². The first-order valence-electron chi connectivity index (χ1n) is 10.4. The van der Waals surface area contributed by atoms with E-state index >= 15 is 0 Å². The van der Waals surface area contributed by atoms with Crippen molar-refractivity contribution in [3.05, 3.63) is 70.1 Å². The van der Waals surface area contributed by atoms with E-state index in [-0.39, 0.29) is 23.9 Å². The van der Waals surface area contributed by atoms with Gasteiger partial charge in [0.2, 0.25) is 5.91 Å². The quantitative estimate of drug-likeness (QED) is 0.0991. The number of nitrogens with one attached hydrogen (secondary N) is 1. The van der Waals surface area contributed by atoms with Gasteiger partial charge in [0.05, 0.1) is 12.0 Å². The third-order valence-electron chi connectivity index (χ3n) is 4.45. The molecule has 0 heterocycles. The molecular formula is C22H26N4O7S2. The van der Waals surface area contributed by atoms with E-state index in [0.717, 1.165) is 11.1 Å². The Morgan fingerprint density at radius 2 is 1.91 bits per heavy atom. The van der Waals surface area contributed by atoms with Gasteiger partial charge >= 0.3 is 5.97 Å². The monoisotopic (exact) mass is 522 g/mol. The van der Waals surface area contributed by atoms with Crippen LogP contribution in [0.2, 0.25) is 0 Å². The minimum atomic E-state index is -3.86. The van der Waals surface area contributed by atoms with Gasteiger partial charge in [0, 0.05) is 16.4 Å². The summed E-state index contributed by atoms with van der Waals surface area (Å²) in [5.74, 6) is 0.0940. The second-order valence-corrected chi connectivity index (χ2v) is 9.78. The standard InChI is InChI=1S/C22H26N4O7S2/c1-16-6-8-19(9-7-16)35(29,30)33-11-10-32-18-5-3-4-17(12-18)14-34-15-20(22(28)31-2)25-21(27)13-24-26-23/h3-9,12,20H,10-11,13-15H2,1-2H3,(H,25,27)/t20-/m1/s1. The van der Waals surface area contributed by atoms with Crippen LogP contribution in [0.25, 0.3) is 10.4 Å². The first-order chi connectivity index (χ1) is 16.7. The minimum absolute atomic E-state index is 0.0311. The van der Waals surface area contributed by atoms with Gasteiger partial charge in [0.25, 0.3) is 10.1 Å². The highest BCUT2D eigenvalue weighted by Crippen LogP contribution is 2.19. The second kappa shape index (κ2) is 14.2. The molecule has 2 rings (SSSR count). The lowest BCUT2D eigenvalue weighted by atomic mass is 10.2. The van der Waals surface area contributed by atoms with Crippen LogP contribution >= 0.6 is 11.8 Å². The molecule has 0 radical (unpaired) electrons. The van der Waals surface area contributed by atoms with Crippen molar-refractivity contribution in [1.82, 2.24) is 5.32 Å². The summed E-state index contributed by atoms with van der Waals surface area (Å²) in [5, 5.41) is 5.64. The lowest BCUT2D eigenvalue weighted by Crippen LogP contribution is -2.44. The molecule has 11 nitrogen and oxygen atoms in total. The number of benzene rings is 2. The van der Waals surface area contributed by atoms with Gasteiger partial charge in [-0.2, -0.15) is 20.2 Å². The molecule has 2 aromatic carbocycles. The molecule has 0 spiro atoms. The molecule has 2 aromatic rings. The summed E-state index contributed by atoms with van der Waals surface area (Å²) in [5.41, 5.74) is 10.1. The first kappa shape index (κ1) is 28.0. The number of ether oxygens (including phenoxy) is 2. The van der Waals surface area contributed by atoms with Crippen LogP contribution in [0.3, 0.4) is 0 Å². The van der Waals surface area contributed by atoms with Gasteiger partial charge in [0.1, 0.15) is 31.5 Å². The number of hydrogen-bond donors (Lipinski definition) is 1. The number of methoxy groups -OCH3 is 1. The molecular weight excluding hydrogens is 496 g/mol. The topological polar surface area (TPSA) is 157 Å². The summed E-state index contributed by atoms with van der Waals surface area (Å²) >= 11 is 1.38. The van der Waals surface area contributed by atoms with Gasteiger partial charge in [-0.3, -0.25) is 8.98 Å². The summed E-state index contributed by atoms with van der Waals surface area (Å²) in [6, 6.07) is 12.7. The van der Waals surface area contributed by atoms with Gasteiger partial charge in [0.15, 0.2) is 0 Å². The average molecular weight is 523 g/mol. The normalized spacial score (nSPS) is 11.7. The molecule has 0 saturated heterocycles. The van der Waals surface area contributed by atoms with Crippen LogP contribution in [0.4, 0.5) is 0 Å². The molecule has 0 bridgehead atoms. The maximum Gasteiger partial charge on any atom is 0.329 e. The molecule has 0 aliphatic rings. The highest BCUT2D eigenvalue weighted by molar-refractivity contribution is 7.98. The van der Waals surface area contributed by atoms with Crippen LogP contribution in [0.15, 0.2) is 58.5 Å². The number of carbonyl (C=O) groups excluding carboxylic acids is 2. The molecule has 0 saturated carbocycles. The van der Waals surface area contributed by atoms with E-state index in [2.05, 4.69) is 15.3 Å². The lowest BCUT2D eigenvalue weighted by Gasteiger charge is -2.15. The van der Waals surface area contributed by atoms with Crippen molar-refractivity contribution in [3.63, 3.8) is 0 Å². The Hall–Kier alpha value is -3.25. The highest BCUT2D eigenvalue weighted by Gasteiger charge is 2.21. The van der Waals surface area contributed by atoms with Crippen LogP contribution < -0.4 is 10.1 Å². The Balaban J connectivity index is 1.82. The Labute approximate surface area is 207 Å². The predicted octanol–water partition coefficient (Wildman–Crippen LogP) is 2.98. The zero-order chi connectivity index (χ0) is 25.7. The highest BCUT2D eigenvalue weighted by atomic mass is 32.2. The fourth-order valence-electron chi connectivity index (χ4n) is 2.74. The van der Waals surface area contributed by atoms with Crippen LogP contribution in [0.1, 0.15) is 11.1 Å². The molecule has 1 atom stereocenters. The van der Waals surface area contributed by atoms with Crippen molar-refractivity contribution < 1.29 is 31.7 Å². The summed E-state index contributed by atoms with van der Waals surface area (Å²) in [6.45, 7) is 1.33. The molecule has 1 N–H and O–H groups in total. The van der Waals surface area contributed by atoms with Gasteiger partial charge in [-0.1, -0.05) is 34.9 Å². The second-order valence-electron chi connectivity index (χ2n) is 7.13. The van der Waals surface area contributed by atoms with E-state index in [9.17, 15) is 18.0 Å².